The van der Waals surface area contributed by atoms with Gasteiger partial charge in [-0.25, -0.2) is 0 Å². The number of benzene rings is 2. The van der Waals surface area contributed by atoms with Gasteiger partial charge in [0.1, 0.15) is 11.3 Å². The van der Waals surface area contributed by atoms with E-state index in [-0.39, 0.29) is 22.9 Å². The lowest BCUT2D eigenvalue weighted by atomic mass is 10.1. The summed E-state index contributed by atoms with van der Waals surface area (Å²) in [7, 11) is 0. The van der Waals surface area contributed by atoms with Crippen LogP contribution in [0.15, 0.2) is 64.4 Å². The van der Waals surface area contributed by atoms with E-state index in [1.807, 2.05) is 68.4 Å². The smallest absolute Gasteiger partial charge is 0.268 e. The van der Waals surface area contributed by atoms with Gasteiger partial charge in [0.15, 0.2) is 0 Å². The molecule has 0 spiro atoms. The van der Waals surface area contributed by atoms with Gasteiger partial charge in [-0.15, -0.1) is 0 Å². The van der Waals surface area contributed by atoms with Crippen molar-refractivity contribution in [3.05, 3.63) is 70.5 Å². The van der Waals surface area contributed by atoms with E-state index in [1.54, 1.807) is 11.5 Å². The summed E-state index contributed by atoms with van der Waals surface area (Å²) < 4.78 is 1.64. The first-order valence-corrected chi connectivity index (χ1v) is 8.51. The third-order valence-electron chi connectivity index (χ3n) is 4.43. The van der Waals surface area contributed by atoms with E-state index in [0.29, 0.717) is 16.6 Å². The standard InChI is InChI=1S/C21H22N2O2/c1-4-14(2)22-15(3)19-20(24)17-12-8-9-13-18(17)23(21(19)25)16-10-6-5-7-11-16/h5-14,24H,4H2,1-3H3. The first-order chi connectivity index (χ1) is 12.0. The van der Waals surface area contributed by atoms with Crippen LogP contribution in [0, 0.1) is 0 Å². The monoisotopic (exact) mass is 334 g/mol. The highest BCUT2D eigenvalue weighted by Gasteiger charge is 2.19. The molecule has 0 bridgehead atoms. The van der Waals surface area contributed by atoms with Gasteiger partial charge >= 0.3 is 0 Å². The Balaban J connectivity index is 2.40. The highest BCUT2D eigenvalue weighted by molar-refractivity contribution is 6.05. The zero-order chi connectivity index (χ0) is 18.0. The molecule has 1 unspecified atom stereocenters. The Hall–Kier alpha value is -2.88. The highest BCUT2D eigenvalue weighted by Crippen LogP contribution is 2.28. The van der Waals surface area contributed by atoms with Gasteiger partial charge in [-0.1, -0.05) is 37.3 Å². The van der Waals surface area contributed by atoms with E-state index in [2.05, 4.69) is 4.99 Å². The number of aromatic nitrogens is 1. The molecule has 4 heteroatoms. The Bertz CT molecular complexity index is 988. The number of pyridine rings is 1. The molecule has 0 saturated heterocycles. The van der Waals surface area contributed by atoms with E-state index in [0.717, 1.165) is 12.1 Å². The Morgan fingerprint density at radius 2 is 1.76 bits per heavy atom. The maximum absolute atomic E-state index is 13.2. The number of hydrogen-bond donors (Lipinski definition) is 1. The SMILES string of the molecule is CCC(C)N=C(C)c1c(O)c2ccccc2n(-c2ccccc2)c1=O. The molecule has 0 saturated carbocycles. The molecule has 1 heterocycles. The molecule has 0 amide bonds. The molecule has 0 aliphatic heterocycles. The first kappa shape index (κ1) is 17.0. The molecule has 2 aromatic carbocycles. The molecular formula is C21H22N2O2. The third kappa shape index (κ3) is 3.07. The predicted molar refractivity (Wildman–Crippen MR) is 103 cm³/mol. The second kappa shape index (κ2) is 6.93. The van der Waals surface area contributed by atoms with Crippen LogP contribution in [0.3, 0.4) is 0 Å². The molecule has 0 radical (unpaired) electrons. The van der Waals surface area contributed by atoms with Crippen molar-refractivity contribution in [1.82, 2.24) is 4.57 Å². The van der Waals surface area contributed by atoms with Gasteiger partial charge < -0.3 is 5.11 Å². The lowest BCUT2D eigenvalue weighted by Crippen LogP contribution is -2.25. The van der Waals surface area contributed by atoms with E-state index >= 15 is 0 Å². The van der Waals surface area contributed by atoms with Gasteiger partial charge in [0.25, 0.3) is 5.56 Å². The maximum atomic E-state index is 13.2. The van der Waals surface area contributed by atoms with Crippen LogP contribution in [-0.4, -0.2) is 21.4 Å². The van der Waals surface area contributed by atoms with Crippen LogP contribution in [0.4, 0.5) is 0 Å². The fraction of sp³-hybridized carbons (Fsp3) is 0.238. The Kier molecular flexibility index (Phi) is 4.70. The van der Waals surface area contributed by atoms with Crippen LogP contribution in [0.5, 0.6) is 5.75 Å². The van der Waals surface area contributed by atoms with Crippen LogP contribution in [0.2, 0.25) is 0 Å². The minimum absolute atomic E-state index is 0.00247. The van der Waals surface area contributed by atoms with Crippen LogP contribution in [-0.2, 0) is 0 Å². The lowest BCUT2D eigenvalue weighted by Gasteiger charge is -2.15. The highest BCUT2D eigenvalue weighted by atomic mass is 16.3. The summed E-state index contributed by atoms with van der Waals surface area (Å²) in [5.74, 6) is -0.00247. The molecule has 3 aromatic rings. The van der Waals surface area contributed by atoms with Crippen LogP contribution < -0.4 is 5.56 Å². The number of para-hydroxylation sites is 2. The molecule has 0 fully saturated rings. The van der Waals surface area contributed by atoms with Crippen molar-refractivity contribution >= 4 is 16.6 Å². The van der Waals surface area contributed by atoms with Gasteiger partial charge in [-0.05, 0) is 44.5 Å². The Labute approximate surface area is 147 Å². The molecule has 3 rings (SSSR count). The van der Waals surface area contributed by atoms with Crippen LogP contribution in [0.1, 0.15) is 32.8 Å². The third-order valence-corrected chi connectivity index (χ3v) is 4.43. The van der Waals surface area contributed by atoms with E-state index in [1.165, 1.54) is 0 Å². The summed E-state index contributed by atoms with van der Waals surface area (Å²) in [6.07, 6.45) is 0.874. The van der Waals surface area contributed by atoms with Crippen molar-refractivity contribution in [2.45, 2.75) is 33.2 Å². The number of aromatic hydroxyl groups is 1. The number of fused-ring (bicyclic) bond motifs is 1. The Morgan fingerprint density at radius 3 is 2.44 bits per heavy atom. The number of aliphatic imine (C=N–C) groups is 1. The molecule has 128 valence electrons. The fourth-order valence-electron chi connectivity index (χ4n) is 2.97. The van der Waals surface area contributed by atoms with Gasteiger partial charge in [0, 0.05) is 22.8 Å². The van der Waals surface area contributed by atoms with Gasteiger partial charge in [-0.3, -0.25) is 14.4 Å². The Morgan fingerprint density at radius 1 is 1.12 bits per heavy atom. The second-order valence-corrected chi connectivity index (χ2v) is 6.19. The zero-order valence-corrected chi connectivity index (χ0v) is 14.7. The summed E-state index contributed by atoms with van der Waals surface area (Å²) in [4.78, 5) is 17.8. The van der Waals surface area contributed by atoms with Crippen molar-refractivity contribution in [3.8, 4) is 11.4 Å². The van der Waals surface area contributed by atoms with Gasteiger partial charge in [-0.2, -0.15) is 0 Å². The average Bonchev–Trinajstić information content (AvgIpc) is 2.62. The van der Waals surface area contributed by atoms with Crippen molar-refractivity contribution in [3.63, 3.8) is 0 Å². The number of nitrogens with zero attached hydrogens (tertiary/aromatic N) is 2. The maximum Gasteiger partial charge on any atom is 0.268 e. The lowest BCUT2D eigenvalue weighted by molar-refractivity contribution is 0.478. The predicted octanol–water partition coefficient (Wildman–Crippen LogP) is 4.30. The molecule has 4 nitrogen and oxygen atoms in total. The molecule has 25 heavy (non-hydrogen) atoms. The minimum Gasteiger partial charge on any atom is -0.506 e. The van der Waals surface area contributed by atoms with Crippen molar-refractivity contribution in [1.29, 1.82) is 0 Å². The minimum atomic E-state index is -0.257. The summed E-state index contributed by atoms with van der Waals surface area (Å²) >= 11 is 0. The van der Waals surface area contributed by atoms with Gasteiger partial charge in [0.05, 0.1) is 5.52 Å². The summed E-state index contributed by atoms with van der Waals surface area (Å²) in [6, 6.07) is 16.9. The molecule has 1 atom stereocenters. The first-order valence-electron chi connectivity index (χ1n) is 8.51. The number of hydrogen-bond acceptors (Lipinski definition) is 3. The summed E-state index contributed by atoms with van der Waals surface area (Å²) in [5, 5.41) is 11.4. The van der Waals surface area contributed by atoms with E-state index in [9.17, 15) is 9.90 Å². The topological polar surface area (TPSA) is 54.6 Å². The fourth-order valence-corrected chi connectivity index (χ4v) is 2.97. The molecule has 0 aliphatic carbocycles. The molecule has 1 aromatic heterocycles. The average molecular weight is 334 g/mol. The summed E-state index contributed by atoms with van der Waals surface area (Å²) in [6.45, 7) is 5.83. The molecule has 1 N–H and O–H groups in total. The number of rotatable bonds is 4. The zero-order valence-electron chi connectivity index (χ0n) is 14.7. The second-order valence-electron chi connectivity index (χ2n) is 6.19. The molecular weight excluding hydrogens is 312 g/mol. The van der Waals surface area contributed by atoms with Crippen molar-refractivity contribution in [2.75, 3.05) is 0 Å². The van der Waals surface area contributed by atoms with Gasteiger partial charge in [0.2, 0.25) is 0 Å². The van der Waals surface area contributed by atoms with E-state index in [4.69, 9.17) is 0 Å². The van der Waals surface area contributed by atoms with Crippen LogP contribution in [0.25, 0.3) is 16.6 Å². The van der Waals surface area contributed by atoms with Crippen molar-refractivity contribution < 1.29 is 5.11 Å². The van der Waals surface area contributed by atoms with Crippen molar-refractivity contribution in [2.24, 2.45) is 4.99 Å². The van der Waals surface area contributed by atoms with Crippen LogP contribution >= 0.6 is 0 Å². The normalized spacial score (nSPS) is 13.2. The summed E-state index contributed by atoms with van der Waals surface area (Å²) in [5.41, 5.74) is 2.01. The van der Waals surface area contributed by atoms with E-state index < -0.39 is 0 Å². The molecule has 0 aliphatic rings. The largest absolute Gasteiger partial charge is 0.506 e. The quantitative estimate of drug-likeness (QED) is 0.723.